The van der Waals surface area contributed by atoms with Crippen molar-refractivity contribution in [3.63, 3.8) is 0 Å². The van der Waals surface area contributed by atoms with Gasteiger partial charge in [0.15, 0.2) is 11.6 Å². The molecule has 1 nitrogen and oxygen atoms in total. The van der Waals surface area contributed by atoms with Gasteiger partial charge < -0.3 is 4.74 Å². The lowest BCUT2D eigenvalue weighted by atomic mass is 9.68. The van der Waals surface area contributed by atoms with Gasteiger partial charge in [-0.3, -0.25) is 0 Å². The lowest BCUT2D eigenvalue weighted by Crippen LogP contribution is -2.25. The van der Waals surface area contributed by atoms with E-state index in [4.69, 9.17) is 4.74 Å². The van der Waals surface area contributed by atoms with Crippen LogP contribution in [0.25, 0.3) is 0 Å². The van der Waals surface area contributed by atoms with E-state index in [0.717, 1.165) is 49.4 Å². The summed E-state index contributed by atoms with van der Waals surface area (Å²) in [5.41, 5.74) is 0.581. The summed E-state index contributed by atoms with van der Waals surface area (Å²) < 4.78 is 35.9. The second-order valence-electron chi connectivity index (χ2n) is 12.7. The molecule has 0 amide bonds. The summed E-state index contributed by atoms with van der Waals surface area (Å²) in [7, 11) is 0. The highest BCUT2D eigenvalue weighted by molar-refractivity contribution is 5.33. The SMILES string of the molecule is CCCCCC1CCC(COc2ccc(C3CCC(C4CCC(CCC)CC4)CC3)c(F)c2F)CC1. The molecule has 3 heteroatoms. The number of hydrogen-bond donors (Lipinski definition) is 0. The maximum atomic E-state index is 15.1. The third kappa shape index (κ3) is 7.47. The molecule has 0 heterocycles. The van der Waals surface area contributed by atoms with Crippen molar-refractivity contribution in [2.75, 3.05) is 6.61 Å². The molecule has 0 atom stereocenters. The fourth-order valence-corrected chi connectivity index (χ4v) is 7.81. The standard InChI is InChI=1S/C33H52F2O/c1-3-5-6-8-25-9-11-26(12-10-25)23-36-31-22-21-30(32(34)33(31)35)29-19-17-28(18-20-29)27-15-13-24(7-4-2)14-16-27/h21-22,24-29H,3-20,23H2,1-2H3. The van der Waals surface area contributed by atoms with Gasteiger partial charge in [-0.1, -0.05) is 84.1 Å². The van der Waals surface area contributed by atoms with Gasteiger partial charge in [-0.25, -0.2) is 4.39 Å². The Bertz CT molecular complexity index is 768. The Morgan fingerprint density at radius 2 is 1.22 bits per heavy atom. The highest BCUT2D eigenvalue weighted by Crippen LogP contribution is 2.45. The van der Waals surface area contributed by atoms with E-state index in [9.17, 15) is 4.39 Å². The van der Waals surface area contributed by atoms with Gasteiger partial charge in [0.05, 0.1) is 6.61 Å². The first kappa shape index (κ1) is 27.9. The number of unbranched alkanes of at least 4 members (excludes halogenated alkanes) is 2. The van der Waals surface area contributed by atoms with Crippen LogP contribution in [0.2, 0.25) is 0 Å². The Morgan fingerprint density at radius 3 is 1.86 bits per heavy atom. The normalized spacial score (nSPS) is 31.3. The van der Waals surface area contributed by atoms with Crippen LogP contribution in [0.15, 0.2) is 12.1 Å². The molecule has 0 saturated heterocycles. The minimum atomic E-state index is -0.767. The average Bonchev–Trinajstić information content (AvgIpc) is 2.91. The van der Waals surface area contributed by atoms with Gasteiger partial charge >= 0.3 is 0 Å². The molecule has 0 bridgehead atoms. The highest BCUT2D eigenvalue weighted by atomic mass is 19.2. The molecule has 204 valence electrons. The molecular weight excluding hydrogens is 450 g/mol. The molecule has 0 aromatic heterocycles. The molecule has 0 aliphatic heterocycles. The van der Waals surface area contributed by atoms with Gasteiger partial charge in [0.1, 0.15) is 0 Å². The number of rotatable bonds is 11. The van der Waals surface area contributed by atoms with E-state index >= 15 is 4.39 Å². The molecule has 1 aromatic rings. The maximum Gasteiger partial charge on any atom is 0.200 e. The number of hydrogen-bond acceptors (Lipinski definition) is 1. The Morgan fingerprint density at radius 1 is 0.639 bits per heavy atom. The smallest absolute Gasteiger partial charge is 0.200 e. The van der Waals surface area contributed by atoms with Gasteiger partial charge in [0.25, 0.3) is 0 Å². The summed E-state index contributed by atoms with van der Waals surface area (Å²) in [6, 6.07) is 3.52. The second kappa shape index (κ2) is 14.1. The van der Waals surface area contributed by atoms with Crippen molar-refractivity contribution in [2.45, 2.75) is 135 Å². The van der Waals surface area contributed by atoms with Crippen molar-refractivity contribution in [2.24, 2.45) is 29.6 Å². The van der Waals surface area contributed by atoms with E-state index < -0.39 is 11.6 Å². The summed E-state index contributed by atoms with van der Waals surface area (Å²) in [6.45, 7) is 5.07. The average molecular weight is 503 g/mol. The van der Waals surface area contributed by atoms with Crippen LogP contribution in [0.1, 0.15) is 141 Å². The van der Waals surface area contributed by atoms with Crippen LogP contribution in [0.4, 0.5) is 8.78 Å². The molecule has 3 aliphatic carbocycles. The van der Waals surface area contributed by atoms with Crippen molar-refractivity contribution < 1.29 is 13.5 Å². The van der Waals surface area contributed by atoms with E-state index in [1.807, 2.05) is 6.07 Å². The summed E-state index contributed by atoms with van der Waals surface area (Å²) in [5, 5.41) is 0. The number of halogens is 2. The quantitative estimate of drug-likeness (QED) is 0.273. The number of ether oxygens (including phenoxy) is 1. The van der Waals surface area contributed by atoms with E-state index in [1.165, 1.54) is 89.9 Å². The zero-order chi connectivity index (χ0) is 25.3. The van der Waals surface area contributed by atoms with Crippen LogP contribution in [0.3, 0.4) is 0 Å². The van der Waals surface area contributed by atoms with Crippen LogP contribution in [-0.4, -0.2) is 6.61 Å². The topological polar surface area (TPSA) is 9.23 Å². The lowest BCUT2D eigenvalue weighted by Gasteiger charge is -2.38. The predicted octanol–water partition coefficient (Wildman–Crippen LogP) is 10.6. The molecule has 3 fully saturated rings. The molecule has 0 radical (unpaired) electrons. The zero-order valence-corrected chi connectivity index (χ0v) is 23.2. The predicted molar refractivity (Wildman–Crippen MR) is 146 cm³/mol. The molecule has 4 rings (SSSR count). The molecule has 1 aromatic carbocycles. The molecular formula is C33H52F2O. The highest BCUT2D eigenvalue weighted by Gasteiger charge is 2.32. The van der Waals surface area contributed by atoms with Crippen LogP contribution in [0.5, 0.6) is 5.75 Å². The Hall–Kier alpha value is -1.12. The van der Waals surface area contributed by atoms with Crippen molar-refractivity contribution in [3.8, 4) is 5.75 Å². The Balaban J connectivity index is 1.22. The third-order valence-corrected chi connectivity index (χ3v) is 10.2. The molecule has 0 spiro atoms. The van der Waals surface area contributed by atoms with Crippen LogP contribution >= 0.6 is 0 Å². The van der Waals surface area contributed by atoms with Crippen molar-refractivity contribution >= 4 is 0 Å². The molecule has 3 aliphatic rings. The van der Waals surface area contributed by atoms with Crippen molar-refractivity contribution in [3.05, 3.63) is 29.3 Å². The molecule has 0 unspecified atom stereocenters. The van der Waals surface area contributed by atoms with Gasteiger partial charge in [0, 0.05) is 0 Å². The lowest BCUT2D eigenvalue weighted by molar-refractivity contribution is 0.155. The van der Waals surface area contributed by atoms with Crippen molar-refractivity contribution in [1.82, 2.24) is 0 Å². The summed E-state index contributed by atoms with van der Waals surface area (Å²) in [4.78, 5) is 0. The van der Waals surface area contributed by atoms with Gasteiger partial charge in [-0.05, 0) is 98.5 Å². The zero-order valence-electron chi connectivity index (χ0n) is 23.2. The molecule has 3 saturated carbocycles. The number of benzene rings is 1. The van der Waals surface area contributed by atoms with E-state index in [-0.39, 0.29) is 11.7 Å². The summed E-state index contributed by atoms with van der Waals surface area (Å²) in [6.07, 6.45) is 22.8. The molecule has 0 N–H and O–H groups in total. The van der Waals surface area contributed by atoms with Crippen LogP contribution < -0.4 is 4.74 Å². The summed E-state index contributed by atoms with van der Waals surface area (Å²) >= 11 is 0. The van der Waals surface area contributed by atoms with Gasteiger partial charge in [-0.2, -0.15) is 4.39 Å². The van der Waals surface area contributed by atoms with E-state index in [2.05, 4.69) is 13.8 Å². The fourth-order valence-electron chi connectivity index (χ4n) is 7.81. The minimum absolute atomic E-state index is 0.110. The third-order valence-electron chi connectivity index (χ3n) is 10.2. The monoisotopic (exact) mass is 502 g/mol. The first-order chi connectivity index (χ1) is 17.6. The Kier molecular flexibility index (Phi) is 11.0. The summed E-state index contributed by atoms with van der Waals surface area (Å²) in [5.74, 6) is 2.78. The van der Waals surface area contributed by atoms with Crippen LogP contribution in [-0.2, 0) is 0 Å². The largest absolute Gasteiger partial charge is 0.490 e. The van der Waals surface area contributed by atoms with E-state index in [0.29, 0.717) is 18.1 Å². The second-order valence-corrected chi connectivity index (χ2v) is 12.7. The van der Waals surface area contributed by atoms with Gasteiger partial charge in [-0.15, -0.1) is 0 Å². The minimum Gasteiger partial charge on any atom is -0.490 e. The first-order valence-corrected chi connectivity index (χ1v) is 15.7. The van der Waals surface area contributed by atoms with Crippen molar-refractivity contribution in [1.29, 1.82) is 0 Å². The van der Waals surface area contributed by atoms with E-state index in [1.54, 1.807) is 6.07 Å². The Labute approximate surface area is 220 Å². The van der Waals surface area contributed by atoms with Crippen LogP contribution in [0, 0.1) is 41.2 Å². The van der Waals surface area contributed by atoms with Gasteiger partial charge in [0.2, 0.25) is 5.82 Å². The first-order valence-electron chi connectivity index (χ1n) is 15.7. The maximum absolute atomic E-state index is 15.1. The fraction of sp³-hybridized carbons (Fsp3) is 0.818. The molecule has 36 heavy (non-hydrogen) atoms.